The number of methoxy groups -OCH3 is 1. The molecule has 0 bridgehead atoms. The zero-order valence-corrected chi connectivity index (χ0v) is 12.5. The van der Waals surface area contributed by atoms with Crippen molar-refractivity contribution in [2.45, 2.75) is 0 Å². The van der Waals surface area contributed by atoms with Crippen LogP contribution in [0.5, 0.6) is 5.75 Å². The van der Waals surface area contributed by atoms with E-state index in [1.165, 1.54) is 7.11 Å². The maximum Gasteiger partial charge on any atom is 0.198 e. The van der Waals surface area contributed by atoms with Crippen molar-refractivity contribution in [2.24, 2.45) is 0 Å². The Morgan fingerprint density at radius 1 is 1.21 bits per heavy atom. The van der Waals surface area contributed by atoms with Gasteiger partial charge >= 0.3 is 0 Å². The third kappa shape index (κ3) is 2.91. The molecule has 98 valence electrons. The molecule has 0 radical (unpaired) electrons. The molecule has 0 fully saturated rings. The van der Waals surface area contributed by atoms with Gasteiger partial charge in [0.15, 0.2) is 5.78 Å². The maximum atomic E-state index is 12.5. The molecular formula is C14H11BrClNO2. The molecule has 2 aromatic rings. The Bertz CT molecular complexity index is 643. The van der Waals surface area contributed by atoms with Crippen LogP contribution in [-0.2, 0) is 0 Å². The van der Waals surface area contributed by atoms with Crippen molar-refractivity contribution in [2.75, 3.05) is 12.8 Å². The number of ether oxygens (including phenoxy) is 1. The Labute approximate surface area is 124 Å². The Morgan fingerprint density at radius 2 is 1.95 bits per heavy atom. The quantitative estimate of drug-likeness (QED) is 0.680. The molecule has 0 aliphatic heterocycles. The highest BCUT2D eigenvalue weighted by Crippen LogP contribution is 2.28. The lowest BCUT2D eigenvalue weighted by Crippen LogP contribution is -2.07. The largest absolute Gasteiger partial charge is 0.496 e. The SMILES string of the molecule is COc1ccc(Cl)cc1C(=O)c1ccc(Br)cc1N. The molecule has 2 N–H and O–H groups in total. The molecule has 0 aliphatic carbocycles. The zero-order valence-electron chi connectivity index (χ0n) is 10.1. The summed E-state index contributed by atoms with van der Waals surface area (Å²) in [5, 5.41) is 0.472. The van der Waals surface area contributed by atoms with E-state index in [-0.39, 0.29) is 5.78 Å². The normalized spacial score (nSPS) is 10.3. The number of anilines is 1. The number of nitrogens with two attached hydrogens (primary N) is 1. The first-order chi connectivity index (χ1) is 9.02. The highest BCUT2D eigenvalue weighted by molar-refractivity contribution is 9.10. The van der Waals surface area contributed by atoms with Crippen LogP contribution >= 0.6 is 27.5 Å². The summed E-state index contributed by atoms with van der Waals surface area (Å²) < 4.78 is 6.00. The first kappa shape index (κ1) is 13.9. The fourth-order valence-electron chi connectivity index (χ4n) is 1.74. The van der Waals surface area contributed by atoms with Gasteiger partial charge in [0, 0.05) is 20.7 Å². The molecule has 2 rings (SSSR count). The lowest BCUT2D eigenvalue weighted by molar-refractivity contribution is 0.103. The Morgan fingerprint density at radius 3 is 2.58 bits per heavy atom. The highest BCUT2D eigenvalue weighted by atomic mass is 79.9. The smallest absolute Gasteiger partial charge is 0.198 e. The average molecular weight is 341 g/mol. The molecule has 19 heavy (non-hydrogen) atoms. The summed E-state index contributed by atoms with van der Waals surface area (Å²) in [7, 11) is 1.50. The number of rotatable bonds is 3. The van der Waals surface area contributed by atoms with Gasteiger partial charge in [-0.25, -0.2) is 0 Å². The number of benzene rings is 2. The number of halogens is 2. The van der Waals surface area contributed by atoms with Gasteiger partial charge in [-0.1, -0.05) is 27.5 Å². The van der Waals surface area contributed by atoms with Crippen molar-refractivity contribution in [1.29, 1.82) is 0 Å². The van der Waals surface area contributed by atoms with Crippen LogP contribution < -0.4 is 10.5 Å². The lowest BCUT2D eigenvalue weighted by atomic mass is 10.0. The van der Waals surface area contributed by atoms with Gasteiger partial charge in [0.25, 0.3) is 0 Å². The van der Waals surface area contributed by atoms with E-state index in [2.05, 4.69) is 15.9 Å². The molecule has 3 nitrogen and oxygen atoms in total. The van der Waals surface area contributed by atoms with Crippen LogP contribution in [0.2, 0.25) is 5.02 Å². The fraction of sp³-hybridized carbons (Fsp3) is 0.0714. The van der Waals surface area contributed by atoms with Crippen LogP contribution in [0, 0.1) is 0 Å². The molecule has 0 atom stereocenters. The second-order valence-corrected chi connectivity index (χ2v) is 5.26. The van der Waals surface area contributed by atoms with Crippen LogP contribution in [0.1, 0.15) is 15.9 Å². The molecular weight excluding hydrogens is 330 g/mol. The monoisotopic (exact) mass is 339 g/mol. The van der Waals surface area contributed by atoms with Gasteiger partial charge in [0.1, 0.15) is 5.75 Å². The Kier molecular flexibility index (Phi) is 4.12. The summed E-state index contributed by atoms with van der Waals surface area (Å²) in [5.74, 6) is 0.251. The Hall–Kier alpha value is -1.52. The number of hydrogen-bond donors (Lipinski definition) is 1. The summed E-state index contributed by atoms with van der Waals surface area (Å²) in [6, 6.07) is 10.0. The van der Waals surface area contributed by atoms with Gasteiger partial charge < -0.3 is 10.5 Å². The minimum atomic E-state index is -0.218. The first-order valence-electron chi connectivity index (χ1n) is 5.46. The van der Waals surface area contributed by atoms with E-state index in [0.29, 0.717) is 27.6 Å². The van der Waals surface area contributed by atoms with Crippen molar-refractivity contribution >= 4 is 39.0 Å². The second kappa shape index (κ2) is 5.63. The molecule has 0 saturated carbocycles. The summed E-state index contributed by atoms with van der Waals surface area (Å²) >= 11 is 9.23. The molecule has 0 aromatic heterocycles. The maximum absolute atomic E-state index is 12.5. The lowest BCUT2D eigenvalue weighted by Gasteiger charge is -2.10. The topological polar surface area (TPSA) is 52.3 Å². The molecule has 0 heterocycles. The van der Waals surface area contributed by atoms with Crippen molar-refractivity contribution in [1.82, 2.24) is 0 Å². The van der Waals surface area contributed by atoms with Gasteiger partial charge in [-0.2, -0.15) is 0 Å². The summed E-state index contributed by atoms with van der Waals surface area (Å²) in [4.78, 5) is 12.5. The molecule has 0 aliphatic rings. The van der Waals surface area contributed by atoms with Crippen molar-refractivity contribution in [3.05, 3.63) is 57.0 Å². The number of ketones is 1. The minimum absolute atomic E-state index is 0.218. The third-order valence-corrected chi connectivity index (χ3v) is 3.39. The van der Waals surface area contributed by atoms with Crippen molar-refractivity contribution in [3.63, 3.8) is 0 Å². The van der Waals surface area contributed by atoms with E-state index in [1.54, 1.807) is 36.4 Å². The predicted octanol–water partition coefficient (Wildman–Crippen LogP) is 3.92. The summed E-state index contributed by atoms with van der Waals surface area (Å²) in [6.45, 7) is 0. The van der Waals surface area contributed by atoms with E-state index in [4.69, 9.17) is 22.1 Å². The van der Waals surface area contributed by atoms with E-state index in [0.717, 1.165) is 4.47 Å². The number of carbonyl (C=O) groups is 1. The van der Waals surface area contributed by atoms with Crippen LogP contribution in [0.15, 0.2) is 40.9 Å². The molecule has 0 unspecified atom stereocenters. The number of nitrogen functional groups attached to an aromatic ring is 1. The highest BCUT2D eigenvalue weighted by Gasteiger charge is 2.17. The fourth-order valence-corrected chi connectivity index (χ4v) is 2.29. The van der Waals surface area contributed by atoms with Crippen LogP contribution in [-0.4, -0.2) is 12.9 Å². The zero-order chi connectivity index (χ0) is 14.0. The minimum Gasteiger partial charge on any atom is -0.496 e. The van der Waals surface area contributed by atoms with Gasteiger partial charge in [-0.15, -0.1) is 0 Å². The standard InChI is InChI=1S/C14H11BrClNO2/c1-19-13-5-3-9(16)7-11(13)14(18)10-4-2-8(15)6-12(10)17/h2-7H,17H2,1H3. The van der Waals surface area contributed by atoms with Crippen LogP contribution in [0.3, 0.4) is 0 Å². The molecule has 0 amide bonds. The first-order valence-corrected chi connectivity index (χ1v) is 6.63. The van der Waals surface area contributed by atoms with E-state index in [9.17, 15) is 4.79 Å². The summed E-state index contributed by atoms with van der Waals surface area (Å²) in [5.41, 5.74) is 7.08. The number of carbonyl (C=O) groups excluding carboxylic acids is 1. The van der Waals surface area contributed by atoms with E-state index in [1.807, 2.05) is 0 Å². The van der Waals surface area contributed by atoms with Crippen LogP contribution in [0.25, 0.3) is 0 Å². The summed E-state index contributed by atoms with van der Waals surface area (Å²) in [6.07, 6.45) is 0. The van der Waals surface area contributed by atoms with E-state index < -0.39 is 0 Å². The van der Waals surface area contributed by atoms with E-state index >= 15 is 0 Å². The van der Waals surface area contributed by atoms with Crippen LogP contribution in [0.4, 0.5) is 5.69 Å². The molecule has 2 aromatic carbocycles. The molecule has 0 spiro atoms. The van der Waals surface area contributed by atoms with Gasteiger partial charge in [-0.05, 0) is 36.4 Å². The Balaban J connectivity index is 2.52. The number of hydrogen-bond acceptors (Lipinski definition) is 3. The van der Waals surface area contributed by atoms with Gasteiger partial charge in [-0.3, -0.25) is 4.79 Å². The van der Waals surface area contributed by atoms with Gasteiger partial charge in [0.2, 0.25) is 0 Å². The average Bonchev–Trinajstić information content (AvgIpc) is 2.38. The van der Waals surface area contributed by atoms with Gasteiger partial charge in [0.05, 0.1) is 12.7 Å². The second-order valence-electron chi connectivity index (χ2n) is 3.91. The van der Waals surface area contributed by atoms with Crippen molar-refractivity contribution in [3.8, 4) is 5.75 Å². The third-order valence-electron chi connectivity index (χ3n) is 2.66. The molecule has 5 heteroatoms. The predicted molar refractivity (Wildman–Crippen MR) is 80.0 cm³/mol. The van der Waals surface area contributed by atoms with Crippen molar-refractivity contribution < 1.29 is 9.53 Å². The molecule has 0 saturated heterocycles.